The normalized spacial score (nSPS) is 11.9. The maximum absolute atomic E-state index is 13.0. The van der Waals surface area contributed by atoms with Gasteiger partial charge in [-0.1, -0.05) is 0 Å². The minimum absolute atomic E-state index is 0.00400. The van der Waals surface area contributed by atoms with E-state index >= 15 is 0 Å². The lowest BCUT2D eigenvalue weighted by Gasteiger charge is -2.03. The van der Waals surface area contributed by atoms with E-state index in [-0.39, 0.29) is 16.7 Å². The molecule has 0 saturated heterocycles. The highest BCUT2D eigenvalue weighted by Gasteiger charge is 2.15. The number of aryl methyl sites for hydroxylation is 1. The van der Waals surface area contributed by atoms with Crippen LogP contribution in [0.2, 0.25) is 0 Å². The Morgan fingerprint density at radius 2 is 2.00 bits per heavy atom. The minimum Gasteiger partial charge on any atom is -0.304 e. The van der Waals surface area contributed by atoms with Gasteiger partial charge in [-0.15, -0.1) is 0 Å². The molecule has 0 aromatic carbocycles. The summed E-state index contributed by atoms with van der Waals surface area (Å²) in [5.41, 5.74) is -0.662. The number of hydrogen-bond donors (Lipinski definition) is 1. The lowest BCUT2D eigenvalue weighted by Crippen LogP contribution is -2.13. The SMILES string of the molecule is Cc1nc(S(C)(=O)=O)nc2[nH]c(=O)c(F)cc12. The van der Waals surface area contributed by atoms with Gasteiger partial charge in [-0.25, -0.2) is 22.8 Å². The zero-order valence-corrected chi connectivity index (χ0v) is 9.80. The number of pyridine rings is 1. The van der Waals surface area contributed by atoms with Gasteiger partial charge in [0.15, 0.2) is 5.82 Å². The highest BCUT2D eigenvalue weighted by Crippen LogP contribution is 2.14. The number of hydrogen-bond acceptors (Lipinski definition) is 5. The maximum atomic E-state index is 13.0. The van der Waals surface area contributed by atoms with Crippen LogP contribution in [0.1, 0.15) is 5.69 Å². The zero-order valence-electron chi connectivity index (χ0n) is 8.98. The number of nitrogens with zero attached hydrogens (tertiary/aromatic N) is 2. The Morgan fingerprint density at radius 3 is 2.59 bits per heavy atom. The first kappa shape index (κ1) is 11.6. The van der Waals surface area contributed by atoms with E-state index in [0.717, 1.165) is 12.3 Å². The molecular weight excluding hydrogens is 249 g/mol. The number of aromatic amines is 1. The average molecular weight is 257 g/mol. The summed E-state index contributed by atoms with van der Waals surface area (Å²) < 4.78 is 35.6. The fraction of sp³-hybridized carbons (Fsp3) is 0.222. The van der Waals surface area contributed by atoms with E-state index in [1.165, 1.54) is 6.92 Å². The summed E-state index contributed by atoms with van der Waals surface area (Å²) in [5, 5.41) is -0.126. The van der Waals surface area contributed by atoms with Gasteiger partial charge in [-0.3, -0.25) is 4.79 Å². The van der Waals surface area contributed by atoms with E-state index in [1.807, 2.05) is 0 Å². The van der Waals surface area contributed by atoms with Gasteiger partial charge in [0, 0.05) is 11.6 Å². The van der Waals surface area contributed by atoms with Gasteiger partial charge in [-0.2, -0.15) is 0 Å². The predicted octanol–water partition coefficient (Wildman–Crippen LogP) is 0.169. The first-order valence-electron chi connectivity index (χ1n) is 4.56. The summed E-state index contributed by atoms with van der Waals surface area (Å²) >= 11 is 0. The van der Waals surface area contributed by atoms with Gasteiger partial charge in [-0.05, 0) is 13.0 Å². The Morgan fingerprint density at radius 1 is 1.35 bits per heavy atom. The third-order valence-electron chi connectivity index (χ3n) is 2.17. The second-order valence-electron chi connectivity index (χ2n) is 3.57. The molecule has 2 aromatic rings. The van der Waals surface area contributed by atoms with E-state index in [4.69, 9.17) is 0 Å². The summed E-state index contributed by atoms with van der Waals surface area (Å²) in [6, 6.07) is 0.982. The van der Waals surface area contributed by atoms with Crippen LogP contribution in [0.3, 0.4) is 0 Å². The van der Waals surface area contributed by atoms with E-state index in [9.17, 15) is 17.6 Å². The number of aromatic nitrogens is 3. The van der Waals surface area contributed by atoms with E-state index in [1.54, 1.807) is 0 Å². The van der Waals surface area contributed by atoms with Crippen LogP contribution in [0.4, 0.5) is 4.39 Å². The lowest BCUT2D eigenvalue weighted by molar-refractivity contribution is 0.592. The third-order valence-corrected chi connectivity index (χ3v) is 3.01. The molecule has 1 N–H and O–H groups in total. The van der Waals surface area contributed by atoms with Gasteiger partial charge in [0.05, 0.1) is 5.69 Å². The monoisotopic (exact) mass is 257 g/mol. The van der Waals surface area contributed by atoms with Crippen LogP contribution >= 0.6 is 0 Å². The zero-order chi connectivity index (χ0) is 12.8. The molecule has 0 aliphatic rings. The average Bonchev–Trinajstić information content (AvgIpc) is 2.19. The molecule has 0 radical (unpaired) electrons. The van der Waals surface area contributed by atoms with E-state index in [2.05, 4.69) is 15.0 Å². The van der Waals surface area contributed by atoms with Crippen LogP contribution in [0.25, 0.3) is 11.0 Å². The molecule has 0 fully saturated rings. The Labute approximate surface area is 95.5 Å². The molecule has 0 amide bonds. The fourth-order valence-corrected chi connectivity index (χ4v) is 1.91. The standard InChI is InChI=1S/C9H8FN3O3S/c1-4-5-3-6(10)8(14)12-7(5)13-9(11-4)17(2,15)16/h3H,1-2H3,(H,11,12,13,14). The maximum Gasteiger partial charge on any atom is 0.285 e. The quantitative estimate of drug-likeness (QED) is 0.735. The molecule has 0 spiro atoms. The molecule has 0 unspecified atom stereocenters. The van der Waals surface area contributed by atoms with E-state index in [0.29, 0.717) is 0 Å². The van der Waals surface area contributed by atoms with Crippen molar-refractivity contribution >= 4 is 20.9 Å². The molecule has 0 aliphatic carbocycles. The highest BCUT2D eigenvalue weighted by atomic mass is 32.2. The molecule has 0 saturated carbocycles. The lowest BCUT2D eigenvalue weighted by atomic mass is 10.2. The van der Waals surface area contributed by atoms with Crippen LogP contribution in [0.5, 0.6) is 0 Å². The van der Waals surface area contributed by atoms with Crippen molar-refractivity contribution in [3.63, 3.8) is 0 Å². The highest BCUT2D eigenvalue weighted by molar-refractivity contribution is 7.90. The number of rotatable bonds is 1. The van der Waals surface area contributed by atoms with Crippen molar-refractivity contribution in [2.75, 3.05) is 6.26 Å². The Bertz CT molecular complexity index is 767. The molecule has 0 aliphatic heterocycles. The van der Waals surface area contributed by atoms with Crippen LogP contribution < -0.4 is 5.56 Å². The van der Waals surface area contributed by atoms with Crippen molar-refractivity contribution in [1.82, 2.24) is 15.0 Å². The second kappa shape index (κ2) is 3.59. The Hall–Kier alpha value is -1.83. The molecule has 2 heterocycles. The van der Waals surface area contributed by atoms with E-state index < -0.39 is 26.4 Å². The van der Waals surface area contributed by atoms with Gasteiger partial charge in [0.1, 0.15) is 5.65 Å². The van der Waals surface area contributed by atoms with Crippen molar-refractivity contribution in [2.45, 2.75) is 12.1 Å². The molecule has 90 valence electrons. The molecule has 6 nitrogen and oxygen atoms in total. The Kier molecular flexibility index (Phi) is 2.46. The van der Waals surface area contributed by atoms with Crippen molar-refractivity contribution in [1.29, 1.82) is 0 Å². The van der Waals surface area contributed by atoms with Gasteiger partial charge >= 0.3 is 0 Å². The largest absolute Gasteiger partial charge is 0.304 e. The topological polar surface area (TPSA) is 92.8 Å². The number of halogens is 1. The van der Waals surface area contributed by atoms with Crippen molar-refractivity contribution < 1.29 is 12.8 Å². The number of H-pyrrole nitrogens is 1. The van der Waals surface area contributed by atoms with Gasteiger partial charge in [0.25, 0.3) is 5.56 Å². The third kappa shape index (κ3) is 2.03. The predicted molar refractivity (Wildman–Crippen MR) is 58.0 cm³/mol. The summed E-state index contributed by atoms with van der Waals surface area (Å²) in [4.78, 5) is 20.7. The molecule has 2 rings (SSSR count). The number of fused-ring (bicyclic) bond motifs is 1. The summed E-state index contributed by atoms with van der Waals surface area (Å²) in [6.45, 7) is 1.51. The molecule has 8 heteroatoms. The molecule has 17 heavy (non-hydrogen) atoms. The molecular formula is C9H8FN3O3S. The van der Waals surface area contributed by atoms with Crippen LogP contribution in [-0.4, -0.2) is 29.6 Å². The first-order valence-corrected chi connectivity index (χ1v) is 6.45. The molecule has 2 aromatic heterocycles. The van der Waals surface area contributed by atoms with Crippen molar-refractivity contribution in [3.05, 3.63) is 27.9 Å². The van der Waals surface area contributed by atoms with Crippen molar-refractivity contribution in [2.24, 2.45) is 0 Å². The van der Waals surface area contributed by atoms with Crippen molar-refractivity contribution in [3.8, 4) is 0 Å². The smallest absolute Gasteiger partial charge is 0.285 e. The summed E-state index contributed by atoms with van der Waals surface area (Å²) in [7, 11) is -3.58. The van der Waals surface area contributed by atoms with Crippen LogP contribution in [0, 0.1) is 12.7 Å². The second-order valence-corrected chi connectivity index (χ2v) is 5.48. The van der Waals surface area contributed by atoms with Crippen LogP contribution in [0.15, 0.2) is 16.0 Å². The fourth-order valence-electron chi connectivity index (χ4n) is 1.35. The number of nitrogens with one attached hydrogen (secondary N) is 1. The Balaban J connectivity index is 2.92. The molecule has 0 bridgehead atoms. The van der Waals surface area contributed by atoms with Gasteiger partial charge in [0.2, 0.25) is 15.0 Å². The summed E-state index contributed by atoms with van der Waals surface area (Å²) in [6.07, 6.45) is 0.954. The summed E-state index contributed by atoms with van der Waals surface area (Å²) in [5.74, 6) is -0.962. The minimum atomic E-state index is -3.58. The molecule has 0 atom stereocenters. The number of sulfone groups is 1. The first-order chi connectivity index (χ1) is 7.79. The van der Waals surface area contributed by atoms with Crippen LogP contribution in [-0.2, 0) is 9.84 Å². The van der Waals surface area contributed by atoms with Gasteiger partial charge < -0.3 is 4.98 Å².